The first kappa shape index (κ1) is 12.1. The lowest BCUT2D eigenvalue weighted by molar-refractivity contribution is 0.0306. The standard InChI is InChI=1S/C12H16N2O2S/c1-12(2,3)16-11(15)14-5-4-9(7-14)10-6-13-8-17-10/h4,6,8H,5,7H2,1-3H3. The fraction of sp³-hybridized carbons (Fsp3) is 0.500. The van der Waals surface area contributed by atoms with Crippen LogP contribution < -0.4 is 0 Å². The maximum Gasteiger partial charge on any atom is 0.410 e. The molecule has 0 atom stereocenters. The van der Waals surface area contributed by atoms with E-state index in [1.54, 1.807) is 21.7 Å². The summed E-state index contributed by atoms with van der Waals surface area (Å²) in [6.07, 6.45) is 3.63. The van der Waals surface area contributed by atoms with Gasteiger partial charge in [0.2, 0.25) is 0 Å². The molecule has 5 heteroatoms. The highest BCUT2D eigenvalue weighted by atomic mass is 32.1. The lowest BCUT2D eigenvalue weighted by Crippen LogP contribution is -2.35. The average molecular weight is 252 g/mol. The Morgan fingerprint density at radius 2 is 2.29 bits per heavy atom. The fourth-order valence-electron chi connectivity index (χ4n) is 1.57. The van der Waals surface area contributed by atoms with E-state index in [0.717, 1.165) is 10.5 Å². The summed E-state index contributed by atoms with van der Waals surface area (Å²) in [7, 11) is 0. The van der Waals surface area contributed by atoms with E-state index < -0.39 is 5.60 Å². The zero-order valence-corrected chi connectivity index (χ0v) is 11.1. The van der Waals surface area contributed by atoms with E-state index in [-0.39, 0.29) is 6.09 Å². The predicted octanol–water partition coefficient (Wildman–Crippen LogP) is 2.78. The molecule has 1 aliphatic heterocycles. The first-order chi connectivity index (χ1) is 7.96. The van der Waals surface area contributed by atoms with E-state index in [2.05, 4.69) is 11.1 Å². The predicted molar refractivity (Wildman–Crippen MR) is 67.9 cm³/mol. The minimum absolute atomic E-state index is 0.256. The Morgan fingerprint density at radius 1 is 1.53 bits per heavy atom. The molecule has 1 aromatic heterocycles. The lowest BCUT2D eigenvalue weighted by atomic mass is 10.2. The molecule has 4 nitrogen and oxygen atoms in total. The Balaban J connectivity index is 1.95. The number of ether oxygens (including phenoxy) is 1. The maximum absolute atomic E-state index is 11.8. The normalized spacial score (nSPS) is 15.9. The largest absolute Gasteiger partial charge is 0.444 e. The molecule has 1 amide bonds. The number of thiazole rings is 1. The van der Waals surface area contributed by atoms with Crippen molar-refractivity contribution in [3.05, 3.63) is 22.7 Å². The fourth-order valence-corrected chi connectivity index (χ4v) is 2.23. The van der Waals surface area contributed by atoms with Gasteiger partial charge in [0, 0.05) is 12.7 Å². The van der Waals surface area contributed by atoms with Gasteiger partial charge in [0.1, 0.15) is 5.60 Å². The molecule has 0 fully saturated rings. The van der Waals surface area contributed by atoms with Crippen LogP contribution in [0.25, 0.3) is 5.57 Å². The van der Waals surface area contributed by atoms with Crippen LogP contribution in [0.2, 0.25) is 0 Å². The molecule has 0 spiro atoms. The van der Waals surface area contributed by atoms with Crippen molar-refractivity contribution in [2.75, 3.05) is 13.1 Å². The number of nitrogens with zero attached hydrogens (tertiary/aromatic N) is 2. The second kappa shape index (κ2) is 4.49. The Labute approximate surface area is 105 Å². The SMILES string of the molecule is CC(C)(C)OC(=O)N1CC=C(c2cncs2)C1. The van der Waals surface area contributed by atoms with E-state index >= 15 is 0 Å². The number of aromatic nitrogens is 1. The molecular formula is C12H16N2O2S. The number of rotatable bonds is 1. The van der Waals surface area contributed by atoms with E-state index in [0.29, 0.717) is 13.1 Å². The van der Waals surface area contributed by atoms with Gasteiger partial charge in [-0.3, -0.25) is 4.98 Å². The summed E-state index contributed by atoms with van der Waals surface area (Å²) in [5.74, 6) is 0. The monoisotopic (exact) mass is 252 g/mol. The number of carbonyl (C=O) groups is 1. The zero-order valence-electron chi connectivity index (χ0n) is 10.3. The van der Waals surface area contributed by atoms with Gasteiger partial charge in [0.25, 0.3) is 0 Å². The number of amides is 1. The third kappa shape index (κ3) is 3.06. The molecule has 2 heterocycles. The van der Waals surface area contributed by atoms with Gasteiger partial charge >= 0.3 is 6.09 Å². The third-order valence-electron chi connectivity index (χ3n) is 2.32. The molecule has 0 unspecified atom stereocenters. The summed E-state index contributed by atoms with van der Waals surface area (Å²) >= 11 is 1.59. The van der Waals surface area contributed by atoms with E-state index in [1.165, 1.54) is 0 Å². The Morgan fingerprint density at radius 3 is 2.88 bits per heavy atom. The average Bonchev–Trinajstić information content (AvgIpc) is 2.86. The molecule has 1 aromatic rings. The zero-order chi connectivity index (χ0) is 12.5. The molecule has 17 heavy (non-hydrogen) atoms. The Hall–Kier alpha value is -1.36. The summed E-state index contributed by atoms with van der Waals surface area (Å²) in [5.41, 5.74) is 2.51. The van der Waals surface area contributed by atoms with Crippen LogP contribution in [0.3, 0.4) is 0 Å². The highest BCUT2D eigenvalue weighted by molar-refractivity contribution is 7.10. The second-order valence-corrected chi connectivity index (χ2v) is 5.84. The van der Waals surface area contributed by atoms with Gasteiger partial charge < -0.3 is 9.64 Å². The van der Waals surface area contributed by atoms with Gasteiger partial charge in [-0.25, -0.2) is 4.79 Å². The third-order valence-corrected chi connectivity index (χ3v) is 3.17. The molecule has 0 aromatic carbocycles. The van der Waals surface area contributed by atoms with Gasteiger partial charge in [-0.15, -0.1) is 11.3 Å². The number of hydrogen-bond acceptors (Lipinski definition) is 4. The van der Waals surface area contributed by atoms with Crippen molar-refractivity contribution in [3.8, 4) is 0 Å². The molecule has 0 saturated carbocycles. The molecule has 0 bridgehead atoms. The van der Waals surface area contributed by atoms with Gasteiger partial charge in [-0.2, -0.15) is 0 Å². The van der Waals surface area contributed by atoms with Crippen molar-refractivity contribution in [1.82, 2.24) is 9.88 Å². The van der Waals surface area contributed by atoms with Gasteiger partial charge in [0.05, 0.1) is 16.9 Å². The summed E-state index contributed by atoms with van der Waals surface area (Å²) in [4.78, 5) is 18.7. The van der Waals surface area contributed by atoms with Crippen molar-refractivity contribution in [2.45, 2.75) is 26.4 Å². The van der Waals surface area contributed by atoms with Gasteiger partial charge in [-0.05, 0) is 26.3 Å². The molecular weight excluding hydrogens is 236 g/mol. The van der Waals surface area contributed by atoms with Crippen LogP contribution in [0.15, 0.2) is 17.8 Å². The van der Waals surface area contributed by atoms with Crippen LogP contribution in [0, 0.1) is 0 Å². The molecule has 92 valence electrons. The van der Waals surface area contributed by atoms with Crippen molar-refractivity contribution in [3.63, 3.8) is 0 Å². The Bertz CT molecular complexity index is 432. The van der Waals surface area contributed by atoms with E-state index in [1.807, 2.05) is 27.0 Å². The highest BCUT2D eigenvalue weighted by Crippen LogP contribution is 2.24. The van der Waals surface area contributed by atoms with Gasteiger partial charge in [-0.1, -0.05) is 6.08 Å². The van der Waals surface area contributed by atoms with Crippen molar-refractivity contribution in [2.24, 2.45) is 0 Å². The van der Waals surface area contributed by atoms with Crippen LogP contribution >= 0.6 is 11.3 Å². The van der Waals surface area contributed by atoms with Crippen LogP contribution in [0.5, 0.6) is 0 Å². The molecule has 0 aliphatic carbocycles. The smallest absolute Gasteiger partial charge is 0.410 e. The van der Waals surface area contributed by atoms with Crippen LogP contribution in [-0.2, 0) is 4.74 Å². The number of hydrogen-bond donors (Lipinski definition) is 0. The van der Waals surface area contributed by atoms with Crippen LogP contribution in [-0.4, -0.2) is 34.7 Å². The summed E-state index contributed by atoms with van der Waals surface area (Å²) in [6, 6.07) is 0. The first-order valence-electron chi connectivity index (χ1n) is 5.51. The van der Waals surface area contributed by atoms with Crippen molar-refractivity contribution in [1.29, 1.82) is 0 Å². The summed E-state index contributed by atoms with van der Waals surface area (Å²) in [6.45, 7) is 6.84. The Kier molecular flexibility index (Phi) is 3.19. The molecule has 2 rings (SSSR count). The minimum Gasteiger partial charge on any atom is -0.444 e. The highest BCUT2D eigenvalue weighted by Gasteiger charge is 2.25. The van der Waals surface area contributed by atoms with Crippen LogP contribution in [0.4, 0.5) is 4.79 Å². The van der Waals surface area contributed by atoms with E-state index in [9.17, 15) is 4.79 Å². The molecule has 0 saturated heterocycles. The van der Waals surface area contributed by atoms with E-state index in [4.69, 9.17) is 4.74 Å². The van der Waals surface area contributed by atoms with Crippen molar-refractivity contribution >= 4 is 23.0 Å². The minimum atomic E-state index is -0.440. The summed E-state index contributed by atoms with van der Waals surface area (Å²) < 4.78 is 5.33. The topological polar surface area (TPSA) is 42.4 Å². The molecule has 0 N–H and O–H groups in total. The molecule has 0 radical (unpaired) electrons. The lowest BCUT2D eigenvalue weighted by Gasteiger charge is -2.24. The van der Waals surface area contributed by atoms with Crippen LogP contribution in [0.1, 0.15) is 25.6 Å². The number of carbonyl (C=O) groups excluding carboxylic acids is 1. The first-order valence-corrected chi connectivity index (χ1v) is 6.39. The van der Waals surface area contributed by atoms with Crippen molar-refractivity contribution < 1.29 is 9.53 Å². The second-order valence-electron chi connectivity index (χ2n) is 4.96. The van der Waals surface area contributed by atoms with Gasteiger partial charge in [0.15, 0.2) is 0 Å². The quantitative estimate of drug-likeness (QED) is 0.772. The molecule has 1 aliphatic rings. The maximum atomic E-state index is 11.8. The summed E-state index contributed by atoms with van der Waals surface area (Å²) in [5, 5.41) is 0.